The van der Waals surface area contributed by atoms with Crippen molar-refractivity contribution in [3.05, 3.63) is 84.4 Å². The lowest BCUT2D eigenvalue weighted by atomic mass is 10.0. The molecular formula is C34H40N4O3S. The molecule has 0 saturated carbocycles. The summed E-state index contributed by atoms with van der Waals surface area (Å²) in [5.74, 6) is 2.73. The normalized spacial score (nSPS) is 13.7. The average Bonchev–Trinajstić information content (AvgIpc) is 3.42. The van der Waals surface area contributed by atoms with E-state index in [4.69, 9.17) is 14.5 Å². The van der Waals surface area contributed by atoms with Crippen molar-refractivity contribution in [3.8, 4) is 34.0 Å². The second-order valence-corrected chi connectivity index (χ2v) is 11.4. The number of benzene rings is 3. The molecule has 0 radical (unpaired) electrons. The minimum Gasteiger partial charge on any atom is -0.497 e. The van der Waals surface area contributed by atoms with E-state index in [1.54, 1.807) is 26.0 Å². The molecule has 0 spiro atoms. The van der Waals surface area contributed by atoms with Crippen LogP contribution in [0.1, 0.15) is 25.3 Å². The number of carbonyl (C=O) groups is 1. The summed E-state index contributed by atoms with van der Waals surface area (Å²) in [5, 5.41) is 0.969. The monoisotopic (exact) mass is 584 g/mol. The fourth-order valence-electron chi connectivity index (χ4n) is 5.37. The zero-order valence-electron chi connectivity index (χ0n) is 24.8. The van der Waals surface area contributed by atoms with Crippen molar-refractivity contribution in [2.24, 2.45) is 0 Å². The Balaban J connectivity index is 1.22. The molecule has 1 fully saturated rings. The summed E-state index contributed by atoms with van der Waals surface area (Å²) in [4.78, 5) is 22.6. The highest BCUT2D eigenvalue weighted by molar-refractivity contribution is 7.99. The van der Waals surface area contributed by atoms with Crippen LogP contribution in [-0.2, 0) is 17.9 Å². The first-order valence-corrected chi connectivity index (χ1v) is 15.6. The average molecular weight is 585 g/mol. The number of rotatable bonds is 12. The van der Waals surface area contributed by atoms with Gasteiger partial charge in [-0.25, -0.2) is 4.98 Å². The SMILES string of the molecule is CCn1c(SCCCC(=O)N2CCN(Cc3ccccc3)CC2)nc(-c2ccc(OC)cc2)c1-c1ccc(OC)cc1. The molecule has 7 nitrogen and oxygen atoms in total. The highest BCUT2D eigenvalue weighted by Crippen LogP contribution is 2.37. The zero-order valence-corrected chi connectivity index (χ0v) is 25.6. The number of imidazole rings is 1. The lowest BCUT2D eigenvalue weighted by Gasteiger charge is -2.34. The Morgan fingerprint density at radius 2 is 1.45 bits per heavy atom. The maximum absolute atomic E-state index is 13.0. The molecule has 220 valence electrons. The maximum atomic E-state index is 13.0. The molecule has 5 rings (SSSR count). The fraction of sp³-hybridized carbons (Fsp3) is 0.353. The summed E-state index contributed by atoms with van der Waals surface area (Å²) in [6.45, 7) is 7.33. The molecular weight excluding hydrogens is 544 g/mol. The van der Waals surface area contributed by atoms with Gasteiger partial charge in [-0.2, -0.15) is 0 Å². The third-order valence-corrected chi connectivity index (χ3v) is 8.78. The van der Waals surface area contributed by atoms with Crippen LogP contribution in [-0.4, -0.2) is 71.4 Å². The first-order valence-electron chi connectivity index (χ1n) is 14.7. The van der Waals surface area contributed by atoms with E-state index < -0.39 is 0 Å². The Kier molecular flexibility index (Phi) is 10.2. The molecule has 0 unspecified atom stereocenters. The smallest absolute Gasteiger partial charge is 0.222 e. The molecule has 2 heterocycles. The van der Waals surface area contributed by atoms with Crippen LogP contribution in [0, 0.1) is 0 Å². The highest BCUT2D eigenvalue weighted by atomic mass is 32.2. The lowest BCUT2D eigenvalue weighted by Crippen LogP contribution is -2.48. The maximum Gasteiger partial charge on any atom is 0.222 e. The molecule has 0 N–H and O–H groups in total. The Hall–Kier alpha value is -3.75. The number of hydrogen-bond donors (Lipinski definition) is 0. The molecule has 4 aromatic rings. The molecule has 0 aliphatic carbocycles. The van der Waals surface area contributed by atoms with Gasteiger partial charge in [-0.15, -0.1) is 0 Å². The molecule has 0 atom stereocenters. The van der Waals surface area contributed by atoms with Crippen molar-refractivity contribution in [1.82, 2.24) is 19.4 Å². The van der Waals surface area contributed by atoms with Crippen molar-refractivity contribution < 1.29 is 14.3 Å². The van der Waals surface area contributed by atoms with Crippen LogP contribution < -0.4 is 9.47 Å². The van der Waals surface area contributed by atoms with Crippen LogP contribution in [0.25, 0.3) is 22.5 Å². The Morgan fingerprint density at radius 1 is 0.833 bits per heavy atom. The van der Waals surface area contributed by atoms with E-state index in [-0.39, 0.29) is 5.91 Å². The summed E-state index contributed by atoms with van der Waals surface area (Å²) < 4.78 is 13.0. The zero-order chi connectivity index (χ0) is 29.3. The van der Waals surface area contributed by atoms with Crippen molar-refractivity contribution in [2.75, 3.05) is 46.2 Å². The topological polar surface area (TPSA) is 59.8 Å². The summed E-state index contributed by atoms with van der Waals surface area (Å²) in [6, 6.07) is 26.7. The number of ether oxygens (including phenoxy) is 2. The summed E-state index contributed by atoms with van der Waals surface area (Å²) in [6.07, 6.45) is 1.38. The van der Waals surface area contributed by atoms with E-state index in [1.165, 1.54) is 5.56 Å². The van der Waals surface area contributed by atoms with Crippen LogP contribution in [0.3, 0.4) is 0 Å². The number of nitrogens with zero attached hydrogens (tertiary/aromatic N) is 4. The molecule has 0 bridgehead atoms. The minimum absolute atomic E-state index is 0.256. The summed E-state index contributed by atoms with van der Waals surface area (Å²) in [5.41, 5.74) is 5.47. The number of carbonyl (C=O) groups excluding carboxylic acids is 1. The first-order chi connectivity index (χ1) is 20.6. The second-order valence-electron chi connectivity index (χ2n) is 10.4. The van der Waals surface area contributed by atoms with Gasteiger partial charge in [-0.05, 0) is 67.4 Å². The van der Waals surface area contributed by atoms with Gasteiger partial charge in [0.2, 0.25) is 5.91 Å². The Labute approximate surface area is 253 Å². The number of amides is 1. The van der Waals surface area contributed by atoms with Gasteiger partial charge in [-0.1, -0.05) is 42.1 Å². The second kappa shape index (κ2) is 14.4. The van der Waals surface area contributed by atoms with Gasteiger partial charge in [-0.3, -0.25) is 9.69 Å². The fourth-order valence-corrected chi connectivity index (χ4v) is 6.37. The van der Waals surface area contributed by atoms with Gasteiger partial charge in [0, 0.05) is 62.6 Å². The standard InChI is InChI=1S/C34H40N4O3S/c1-4-38-33(28-14-18-30(41-3)19-15-28)32(27-12-16-29(40-2)17-13-27)35-34(38)42-24-8-11-31(39)37-22-20-36(21-23-37)25-26-9-6-5-7-10-26/h5-7,9-10,12-19H,4,8,11,20-25H2,1-3H3. The number of piperazine rings is 1. The number of thioether (sulfide) groups is 1. The van der Waals surface area contributed by atoms with Crippen molar-refractivity contribution in [1.29, 1.82) is 0 Å². The largest absolute Gasteiger partial charge is 0.497 e. The predicted molar refractivity (Wildman–Crippen MR) is 170 cm³/mol. The Morgan fingerprint density at radius 3 is 2.05 bits per heavy atom. The Bertz CT molecular complexity index is 1430. The van der Waals surface area contributed by atoms with Gasteiger partial charge >= 0.3 is 0 Å². The highest BCUT2D eigenvalue weighted by Gasteiger charge is 2.22. The van der Waals surface area contributed by atoms with E-state index in [0.717, 1.165) is 90.6 Å². The van der Waals surface area contributed by atoms with E-state index in [1.807, 2.05) is 35.2 Å². The van der Waals surface area contributed by atoms with Crippen molar-refractivity contribution >= 4 is 17.7 Å². The third-order valence-electron chi connectivity index (χ3n) is 7.72. The van der Waals surface area contributed by atoms with Gasteiger partial charge in [0.1, 0.15) is 11.5 Å². The lowest BCUT2D eigenvalue weighted by molar-refractivity contribution is -0.133. The van der Waals surface area contributed by atoms with Crippen LogP contribution in [0.2, 0.25) is 0 Å². The van der Waals surface area contributed by atoms with E-state index in [2.05, 4.69) is 64.9 Å². The van der Waals surface area contributed by atoms with Crippen molar-refractivity contribution in [3.63, 3.8) is 0 Å². The van der Waals surface area contributed by atoms with Gasteiger partial charge in [0.15, 0.2) is 5.16 Å². The number of methoxy groups -OCH3 is 2. The molecule has 3 aromatic carbocycles. The van der Waals surface area contributed by atoms with E-state index in [9.17, 15) is 4.79 Å². The summed E-state index contributed by atoms with van der Waals surface area (Å²) in [7, 11) is 3.36. The molecule has 1 aliphatic heterocycles. The summed E-state index contributed by atoms with van der Waals surface area (Å²) >= 11 is 1.73. The third kappa shape index (κ3) is 7.17. The first kappa shape index (κ1) is 29.7. The van der Waals surface area contributed by atoms with Crippen LogP contribution >= 0.6 is 11.8 Å². The quantitative estimate of drug-likeness (QED) is 0.141. The van der Waals surface area contributed by atoms with Crippen LogP contribution in [0.4, 0.5) is 0 Å². The van der Waals surface area contributed by atoms with Crippen LogP contribution in [0.15, 0.2) is 84.0 Å². The molecule has 1 amide bonds. The van der Waals surface area contributed by atoms with Gasteiger partial charge < -0.3 is 18.9 Å². The van der Waals surface area contributed by atoms with Crippen molar-refractivity contribution in [2.45, 2.75) is 38.0 Å². The van der Waals surface area contributed by atoms with E-state index >= 15 is 0 Å². The van der Waals surface area contributed by atoms with Gasteiger partial charge in [0.05, 0.1) is 25.6 Å². The molecule has 1 saturated heterocycles. The van der Waals surface area contributed by atoms with E-state index in [0.29, 0.717) is 6.42 Å². The predicted octanol–water partition coefficient (Wildman–Crippen LogP) is 6.47. The molecule has 8 heteroatoms. The molecule has 1 aliphatic rings. The molecule has 1 aromatic heterocycles. The van der Waals surface area contributed by atoms with Gasteiger partial charge in [0.25, 0.3) is 0 Å². The van der Waals surface area contributed by atoms with Crippen LogP contribution in [0.5, 0.6) is 11.5 Å². The minimum atomic E-state index is 0.256. The number of hydrogen-bond acceptors (Lipinski definition) is 6. The number of aromatic nitrogens is 2. The molecule has 42 heavy (non-hydrogen) atoms.